The fourth-order valence-corrected chi connectivity index (χ4v) is 2.88. The molecule has 0 saturated carbocycles. The molecule has 0 aliphatic carbocycles. The first-order chi connectivity index (χ1) is 10.0. The molecule has 7 heteroatoms. The Morgan fingerprint density at radius 1 is 1.33 bits per heavy atom. The summed E-state index contributed by atoms with van der Waals surface area (Å²) in [5, 5.41) is 3.40. The predicted molar refractivity (Wildman–Crippen MR) is 83.2 cm³/mol. The van der Waals surface area contributed by atoms with Gasteiger partial charge in [0.05, 0.1) is 18.6 Å². The van der Waals surface area contributed by atoms with Gasteiger partial charge in [0.1, 0.15) is 16.2 Å². The molecule has 1 aromatic heterocycles. The molecule has 0 aromatic carbocycles. The van der Waals surface area contributed by atoms with Crippen molar-refractivity contribution in [2.45, 2.75) is 39.2 Å². The van der Waals surface area contributed by atoms with Crippen molar-refractivity contribution >= 4 is 9.84 Å². The number of hydrogen-bond donors (Lipinski definition) is 1. The van der Waals surface area contributed by atoms with Crippen molar-refractivity contribution in [2.24, 2.45) is 0 Å². The van der Waals surface area contributed by atoms with Crippen LogP contribution in [0, 0.1) is 0 Å². The van der Waals surface area contributed by atoms with Gasteiger partial charge in [-0.05, 0) is 25.8 Å². The summed E-state index contributed by atoms with van der Waals surface area (Å²) in [6, 6.07) is 1.82. The van der Waals surface area contributed by atoms with Crippen molar-refractivity contribution in [1.29, 1.82) is 0 Å². The van der Waals surface area contributed by atoms with Crippen LogP contribution in [0.4, 0.5) is 0 Å². The van der Waals surface area contributed by atoms with E-state index in [4.69, 9.17) is 4.74 Å². The number of methoxy groups -OCH3 is 1. The molecule has 0 bridgehead atoms. The highest BCUT2D eigenvalue weighted by Gasteiger charge is 2.15. The second kappa shape index (κ2) is 8.94. The summed E-state index contributed by atoms with van der Waals surface area (Å²) in [5.41, 5.74) is 0.837. The van der Waals surface area contributed by atoms with E-state index in [1.165, 1.54) is 6.33 Å². The molecule has 1 N–H and O–H groups in total. The van der Waals surface area contributed by atoms with E-state index in [2.05, 4.69) is 22.2 Å². The molecule has 1 atom stereocenters. The number of hydrogen-bond acceptors (Lipinski definition) is 6. The maximum Gasteiger partial charge on any atom is 0.216 e. The van der Waals surface area contributed by atoms with Gasteiger partial charge in [-0.15, -0.1) is 0 Å². The normalized spacial score (nSPS) is 13.1. The van der Waals surface area contributed by atoms with Crippen LogP contribution in [0.2, 0.25) is 0 Å². The number of aromatic nitrogens is 2. The van der Waals surface area contributed by atoms with Crippen molar-refractivity contribution in [1.82, 2.24) is 15.3 Å². The first-order valence-electron chi connectivity index (χ1n) is 7.32. The number of sulfone groups is 1. The van der Waals surface area contributed by atoms with Gasteiger partial charge in [-0.25, -0.2) is 18.4 Å². The zero-order valence-corrected chi connectivity index (χ0v) is 13.8. The summed E-state index contributed by atoms with van der Waals surface area (Å²) < 4.78 is 28.2. The molecule has 0 aliphatic heterocycles. The topological polar surface area (TPSA) is 81.2 Å². The molecule has 0 radical (unpaired) electrons. The molecule has 1 rings (SSSR count). The van der Waals surface area contributed by atoms with E-state index < -0.39 is 9.84 Å². The van der Waals surface area contributed by atoms with Crippen molar-refractivity contribution in [3.63, 3.8) is 0 Å². The number of rotatable bonds is 10. The summed E-state index contributed by atoms with van der Waals surface area (Å²) in [7, 11) is -1.35. The number of ether oxygens (including phenoxy) is 1. The molecule has 1 unspecified atom stereocenters. The highest BCUT2D eigenvalue weighted by atomic mass is 32.2. The summed E-state index contributed by atoms with van der Waals surface area (Å²) in [4.78, 5) is 8.27. The van der Waals surface area contributed by atoms with Gasteiger partial charge in [-0.2, -0.15) is 0 Å². The quantitative estimate of drug-likeness (QED) is 0.708. The lowest BCUT2D eigenvalue weighted by molar-refractivity contribution is 0.392. The lowest BCUT2D eigenvalue weighted by Gasteiger charge is -2.18. The molecule has 0 fully saturated rings. The predicted octanol–water partition coefficient (Wildman–Crippen LogP) is 1.74. The fraction of sp³-hybridized carbons (Fsp3) is 0.714. The standard InChI is InChI=1S/C14H25N3O3S/c1-4-8-15-12(7-6-9-21(18,19)5-2)13-10-14(20-3)17-11-16-13/h10-12,15H,4-9H2,1-3H3. The van der Waals surface area contributed by atoms with Crippen LogP contribution < -0.4 is 10.1 Å². The molecule has 0 spiro atoms. The molecular formula is C14H25N3O3S. The van der Waals surface area contributed by atoms with Crippen molar-refractivity contribution in [3.05, 3.63) is 18.1 Å². The minimum Gasteiger partial charge on any atom is -0.481 e. The van der Waals surface area contributed by atoms with Crippen LogP contribution in [0.5, 0.6) is 5.88 Å². The van der Waals surface area contributed by atoms with E-state index in [1.807, 2.05) is 0 Å². The van der Waals surface area contributed by atoms with Crippen molar-refractivity contribution in [3.8, 4) is 5.88 Å². The van der Waals surface area contributed by atoms with Crippen LogP contribution in [-0.4, -0.2) is 43.5 Å². The van der Waals surface area contributed by atoms with Crippen LogP contribution in [0.3, 0.4) is 0 Å². The zero-order valence-electron chi connectivity index (χ0n) is 13.0. The maximum absolute atomic E-state index is 11.6. The summed E-state index contributed by atoms with van der Waals surface area (Å²) in [5.74, 6) is 0.932. The summed E-state index contributed by atoms with van der Waals surface area (Å²) >= 11 is 0. The second-order valence-corrected chi connectivity index (χ2v) is 7.34. The Hall–Kier alpha value is -1.21. The van der Waals surface area contributed by atoms with Crippen LogP contribution in [0.1, 0.15) is 44.8 Å². The third kappa shape index (κ3) is 6.39. The molecule has 6 nitrogen and oxygen atoms in total. The Morgan fingerprint density at radius 3 is 2.71 bits per heavy atom. The van der Waals surface area contributed by atoms with Crippen LogP contribution in [0.15, 0.2) is 12.4 Å². The fourth-order valence-electron chi connectivity index (χ4n) is 1.98. The van der Waals surface area contributed by atoms with Gasteiger partial charge in [0.2, 0.25) is 5.88 Å². The second-order valence-electron chi connectivity index (χ2n) is 4.87. The van der Waals surface area contributed by atoms with Gasteiger partial charge >= 0.3 is 0 Å². The number of nitrogens with zero attached hydrogens (tertiary/aromatic N) is 2. The van der Waals surface area contributed by atoms with Gasteiger partial charge < -0.3 is 10.1 Å². The molecule has 1 aromatic rings. The van der Waals surface area contributed by atoms with Gasteiger partial charge in [0.25, 0.3) is 0 Å². The Labute approximate surface area is 127 Å². The first-order valence-corrected chi connectivity index (χ1v) is 9.14. The van der Waals surface area contributed by atoms with E-state index in [1.54, 1.807) is 20.1 Å². The number of nitrogens with one attached hydrogen (secondary N) is 1. The zero-order chi connectivity index (χ0) is 15.7. The SMILES string of the molecule is CCCNC(CCCS(=O)(=O)CC)c1cc(OC)ncn1. The molecule has 120 valence electrons. The third-order valence-corrected chi connectivity index (χ3v) is 5.05. The van der Waals surface area contributed by atoms with E-state index in [0.717, 1.165) is 25.1 Å². The van der Waals surface area contributed by atoms with E-state index in [-0.39, 0.29) is 17.5 Å². The van der Waals surface area contributed by atoms with E-state index in [0.29, 0.717) is 12.3 Å². The van der Waals surface area contributed by atoms with Crippen LogP contribution in [0.25, 0.3) is 0 Å². The van der Waals surface area contributed by atoms with Crippen molar-refractivity contribution in [2.75, 3.05) is 25.2 Å². The minimum absolute atomic E-state index is 0.0221. The Morgan fingerprint density at radius 2 is 2.10 bits per heavy atom. The molecule has 0 saturated heterocycles. The van der Waals surface area contributed by atoms with Crippen LogP contribution in [-0.2, 0) is 9.84 Å². The Balaban J connectivity index is 2.70. The summed E-state index contributed by atoms with van der Waals surface area (Å²) in [6.07, 6.45) is 3.81. The Bertz CT molecular complexity index is 520. The molecule has 0 amide bonds. The molecular weight excluding hydrogens is 290 g/mol. The Kier molecular flexibility index (Phi) is 7.60. The van der Waals surface area contributed by atoms with Gasteiger partial charge in [0.15, 0.2) is 0 Å². The molecule has 1 heterocycles. The first kappa shape index (κ1) is 17.8. The largest absolute Gasteiger partial charge is 0.481 e. The third-order valence-electron chi connectivity index (χ3n) is 3.26. The smallest absolute Gasteiger partial charge is 0.216 e. The van der Waals surface area contributed by atoms with E-state index in [9.17, 15) is 8.42 Å². The lowest BCUT2D eigenvalue weighted by atomic mass is 10.1. The maximum atomic E-state index is 11.6. The van der Waals surface area contributed by atoms with Gasteiger partial charge in [-0.1, -0.05) is 13.8 Å². The molecule has 21 heavy (non-hydrogen) atoms. The van der Waals surface area contributed by atoms with Crippen LogP contribution >= 0.6 is 0 Å². The monoisotopic (exact) mass is 315 g/mol. The minimum atomic E-state index is -2.92. The highest BCUT2D eigenvalue weighted by molar-refractivity contribution is 7.91. The van der Waals surface area contributed by atoms with E-state index >= 15 is 0 Å². The van der Waals surface area contributed by atoms with Gasteiger partial charge in [0, 0.05) is 17.9 Å². The van der Waals surface area contributed by atoms with Gasteiger partial charge in [-0.3, -0.25) is 0 Å². The average molecular weight is 315 g/mol. The lowest BCUT2D eigenvalue weighted by Crippen LogP contribution is -2.24. The highest BCUT2D eigenvalue weighted by Crippen LogP contribution is 2.19. The average Bonchev–Trinajstić information content (AvgIpc) is 2.50. The summed E-state index contributed by atoms with van der Waals surface area (Å²) in [6.45, 7) is 4.63. The van der Waals surface area contributed by atoms with Crippen molar-refractivity contribution < 1.29 is 13.2 Å². The molecule has 0 aliphatic rings.